The molecule has 1 fully saturated rings. The number of carbonyl (C=O) groups is 1. The molecule has 2 aromatic carbocycles. The van der Waals surface area contributed by atoms with Crippen LogP contribution in [0.2, 0.25) is 5.02 Å². The molecule has 0 bridgehead atoms. The number of hydrogen-bond donors (Lipinski definition) is 1. The zero-order valence-corrected chi connectivity index (χ0v) is 15.0. The van der Waals surface area contributed by atoms with E-state index in [0.717, 1.165) is 5.69 Å². The molecule has 3 rings (SSSR count). The summed E-state index contributed by atoms with van der Waals surface area (Å²) in [6.07, 6.45) is 0. The summed E-state index contributed by atoms with van der Waals surface area (Å²) in [5.41, 5.74) is 1.74. The number of anilines is 2. The van der Waals surface area contributed by atoms with Crippen molar-refractivity contribution < 1.29 is 13.9 Å². The number of hydrogen-bond acceptors (Lipinski definition) is 3. The highest BCUT2D eigenvalue weighted by Crippen LogP contribution is 2.35. The molecule has 126 valence electrons. The number of nitrogens with one attached hydrogen (secondary N) is 1. The number of benzene rings is 2. The first-order valence-corrected chi connectivity index (χ1v) is 8.61. The summed E-state index contributed by atoms with van der Waals surface area (Å²) in [5.74, 6) is -0.742. The average Bonchev–Trinajstić information content (AvgIpc) is 2.55. The van der Waals surface area contributed by atoms with E-state index in [1.54, 1.807) is 18.2 Å². The number of ether oxygens (including phenoxy) is 1. The average molecular weight is 414 g/mol. The van der Waals surface area contributed by atoms with Crippen LogP contribution >= 0.6 is 27.5 Å². The second-order valence-corrected chi connectivity index (χ2v) is 6.58. The van der Waals surface area contributed by atoms with Gasteiger partial charge in [-0.3, -0.25) is 4.79 Å². The van der Waals surface area contributed by atoms with Gasteiger partial charge in [0.2, 0.25) is 0 Å². The predicted molar refractivity (Wildman–Crippen MR) is 96.5 cm³/mol. The first-order chi connectivity index (χ1) is 11.6. The highest BCUT2D eigenvalue weighted by atomic mass is 79.9. The zero-order valence-electron chi connectivity index (χ0n) is 12.7. The number of nitrogens with zero attached hydrogens (tertiary/aromatic N) is 1. The lowest BCUT2D eigenvalue weighted by Gasteiger charge is -2.31. The van der Waals surface area contributed by atoms with Gasteiger partial charge in [0.25, 0.3) is 5.91 Å². The Kier molecular flexibility index (Phi) is 5.38. The highest BCUT2D eigenvalue weighted by Gasteiger charge is 2.20. The number of carbonyl (C=O) groups excluding carboxylic acids is 1. The molecule has 1 aliphatic rings. The summed E-state index contributed by atoms with van der Waals surface area (Å²) in [4.78, 5) is 14.6. The van der Waals surface area contributed by atoms with E-state index < -0.39 is 5.82 Å². The molecule has 1 aliphatic heterocycles. The monoisotopic (exact) mass is 412 g/mol. The van der Waals surface area contributed by atoms with Gasteiger partial charge in [-0.1, -0.05) is 17.7 Å². The van der Waals surface area contributed by atoms with Gasteiger partial charge >= 0.3 is 0 Å². The Balaban J connectivity index is 1.89. The highest BCUT2D eigenvalue weighted by molar-refractivity contribution is 9.10. The van der Waals surface area contributed by atoms with Gasteiger partial charge in [0, 0.05) is 17.6 Å². The minimum Gasteiger partial charge on any atom is -0.378 e. The quantitative estimate of drug-likeness (QED) is 0.814. The maximum absolute atomic E-state index is 13.2. The summed E-state index contributed by atoms with van der Waals surface area (Å²) >= 11 is 9.57. The summed E-state index contributed by atoms with van der Waals surface area (Å²) in [7, 11) is 0. The number of para-hydroxylation sites is 1. The standard InChI is InChI=1S/C17H15BrClFN2O2/c18-13-10-11(20)4-5-12(13)17(23)21-15-3-1-2-14(19)16(15)22-6-8-24-9-7-22/h1-5,10H,6-9H2,(H,21,23). The number of morpholine rings is 1. The minimum absolute atomic E-state index is 0.335. The molecule has 1 amide bonds. The van der Waals surface area contributed by atoms with E-state index in [9.17, 15) is 9.18 Å². The summed E-state index contributed by atoms with van der Waals surface area (Å²) in [6, 6.07) is 9.31. The van der Waals surface area contributed by atoms with E-state index in [4.69, 9.17) is 16.3 Å². The van der Waals surface area contributed by atoms with Gasteiger partial charge in [-0.15, -0.1) is 0 Å². The molecule has 1 heterocycles. The fourth-order valence-corrected chi connectivity index (χ4v) is 3.41. The molecule has 0 spiro atoms. The van der Waals surface area contributed by atoms with Crippen LogP contribution in [-0.4, -0.2) is 32.2 Å². The number of halogens is 3. The van der Waals surface area contributed by atoms with Crippen LogP contribution in [-0.2, 0) is 4.74 Å². The van der Waals surface area contributed by atoms with Crippen LogP contribution in [0, 0.1) is 5.82 Å². The Hall–Kier alpha value is -1.63. The third kappa shape index (κ3) is 3.71. The first-order valence-electron chi connectivity index (χ1n) is 7.44. The van der Waals surface area contributed by atoms with Crippen LogP contribution in [0.25, 0.3) is 0 Å². The van der Waals surface area contributed by atoms with Crippen LogP contribution in [0.3, 0.4) is 0 Å². The van der Waals surface area contributed by atoms with E-state index in [-0.39, 0.29) is 5.91 Å². The second-order valence-electron chi connectivity index (χ2n) is 5.31. The molecule has 2 aromatic rings. The van der Waals surface area contributed by atoms with Gasteiger partial charge in [-0.25, -0.2) is 4.39 Å². The molecule has 4 nitrogen and oxygen atoms in total. The summed E-state index contributed by atoms with van der Waals surface area (Å²) in [5, 5.41) is 3.43. The van der Waals surface area contributed by atoms with Crippen molar-refractivity contribution in [3.63, 3.8) is 0 Å². The molecule has 1 N–H and O–H groups in total. The molecule has 1 saturated heterocycles. The predicted octanol–water partition coefficient (Wildman–Crippen LogP) is 4.33. The van der Waals surface area contributed by atoms with Gasteiger partial charge in [0.1, 0.15) is 5.82 Å². The molecule has 0 aromatic heterocycles. The fraction of sp³-hybridized carbons (Fsp3) is 0.235. The Morgan fingerprint density at radius 3 is 2.71 bits per heavy atom. The van der Waals surface area contributed by atoms with Crippen molar-refractivity contribution in [2.45, 2.75) is 0 Å². The van der Waals surface area contributed by atoms with E-state index >= 15 is 0 Å². The molecule has 7 heteroatoms. The van der Waals surface area contributed by atoms with Crippen molar-refractivity contribution in [2.75, 3.05) is 36.5 Å². The van der Waals surface area contributed by atoms with Crippen molar-refractivity contribution in [1.29, 1.82) is 0 Å². The maximum atomic E-state index is 13.2. The Morgan fingerprint density at radius 2 is 2.00 bits per heavy atom. The van der Waals surface area contributed by atoms with Crippen LogP contribution in [0.4, 0.5) is 15.8 Å². The third-order valence-corrected chi connectivity index (χ3v) is 4.70. The van der Waals surface area contributed by atoms with Crippen molar-refractivity contribution in [1.82, 2.24) is 0 Å². The Labute approximate surface area is 152 Å². The van der Waals surface area contributed by atoms with E-state index in [2.05, 4.69) is 26.1 Å². The van der Waals surface area contributed by atoms with Gasteiger partial charge < -0.3 is 15.0 Å². The molecular formula is C17H15BrClFN2O2. The SMILES string of the molecule is O=C(Nc1cccc(Cl)c1N1CCOCC1)c1ccc(F)cc1Br. The minimum atomic E-state index is -0.407. The summed E-state index contributed by atoms with van der Waals surface area (Å²) in [6.45, 7) is 2.63. The summed E-state index contributed by atoms with van der Waals surface area (Å²) < 4.78 is 19.0. The van der Waals surface area contributed by atoms with E-state index in [1.807, 2.05) is 0 Å². The smallest absolute Gasteiger partial charge is 0.256 e. The largest absolute Gasteiger partial charge is 0.378 e. The van der Waals surface area contributed by atoms with Crippen LogP contribution in [0.5, 0.6) is 0 Å². The topological polar surface area (TPSA) is 41.6 Å². The molecule has 0 aliphatic carbocycles. The number of rotatable bonds is 3. The maximum Gasteiger partial charge on any atom is 0.256 e. The Morgan fingerprint density at radius 1 is 1.25 bits per heavy atom. The van der Waals surface area contributed by atoms with Gasteiger partial charge in [0.05, 0.1) is 35.2 Å². The van der Waals surface area contributed by atoms with Gasteiger partial charge in [-0.2, -0.15) is 0 Å². The fourth-order valence-electron chi connectivity index (χ4n) is 2.59. The van der Waals surface area contributed by atoms with Crippen molar-refractivity contribution in [2.24, 2.45) is 0 Å². The van der Waals surface area contributed by atoms with E-state index in [1.165, 1.54) is 18.2 Å². The zero-order chi connectivity index (χ0) is 17.1. The molecule has 0 radical (unpaired) electrons. The second kappa shape index (κ2) is 7.51. The van der Waals surface area contributed by atoms with Crippen LogP contribution in [0.1, 0.15) is 10.4 Å². The van der Waals surface area contributed by atoms with Crippen LogP contribution in [0.15, 0.2) is 40.9 Å². The molecule has 0 atom stereocenters. The lowest BCUT2D eigenvalue weighted by molar-refractivity contribution is 0.102. The van der Waals surface area contributed by atoms with Crippen LogP contribution < -0.4 is 10.2 Å². The number of amides is 1. The molecular weight excluding hydrogens is 399 g/mol. The van der Waals surface area contributed by atoms with E-state index in [0.29, 0.717) is 47.0 Å². The first kappa shape index (κ1) is 17.2. The lowest BCUT2D eigenvalue weighted by atomic mass is 10.2. The normalized spacial score (nSPS) is 14.5. The van der Waals surface area contributed by atoms with Crippen molar-refractivity contribution in [3.8, 4) is 0 Å². The Bertz CT molecular complexity index is 766. The van der Waals surface area contributed by atoms with Crippen molar-refractivity contribution >= 4 is 44.8 Å². The lowest BCUT2D eigenvalue weighted by Crippen LogP contribution is -2.37. The third-order valence-electron chi connectivity index (χ3n) is 3.74. The van der Waals surface area contributed by atoms with Crippen molar-refractivity contribution in [3.05, 3.63) is 57.3 Å². The molecule has 0 saturated carbocycles. The molecule has 0 unspecified atom stereocenters. The van der Waals surface area contributed by atoms with Gasteiger partial charge in [0.15, 0.2) is 0 Å². The van der Waals surface area contributed by atoms with Gasteiger partial charge in [-0.05, 0) is 46.3 Å². The molecule has 24 heavy (non-hydrogen) atoms.